The largest absolute Gasteiger partial charge is 0.444 e. The third-order valence-corrected chi connectivity index (χ3v) is 5.06. The summed E-state index contributed by atoms with van der Waals surface area (Å²) < 4.78 is 22.3. The van der Waals surface area contributed by atoms with Gasteiger partial charge in [0.1, 0.15) is 5.60 Å². The van der Waals surface area contributed by atoms with E-state index in [1.165, 1.54) is 6.26 Å². The molecule has 0 saturated heterocycles. The van der Waals surface area contributed by atoms with E-state index in [0.717, 1.165) is 0 Å². The van der Waals surface area contributed by atoms with E-state index >= 15 is 0 Å². The van der Waals surface area contributed by atoms with Crippen LogP contribution in [0.2, 0.25) is 5.02 Å². The molecule has 0 heterocycles. The summed E-state index contributed by atoms with van der Waals surface area (Å²) in [5.74, 6) is 2.82. The molecule has 2 aromatic rings. The molecule has 0 fully saturated rings. The number of nitrogens with zero attached hydrogens (tertiary/aromatic N) is 1. The number of anilines is 1. The first-order chi connectivity index (χ1) is 12.6. The number of rotatable bonds is 2. The highest BCUT2D eigenvalue weighted by molar-refractivity contribution is 7.93. The number of hydrogen-bond acceptors (Lipinski definition) is 4. The Balaban J connectivity index is 2.30. The Morgan fingerprint density at radius 2 is 1.78 bits per heavy atom. The molecule has 1 atom stereocenters. The highest BCUT2D eigenvalue weighted by atomic mass is 35.5. The molecule has 0 spiro atoms. The number of nitrogens with one attached hydrogen (secondary N) is 1. The lowest BCUT2D eigenvalue weighted by Crippen LogP contribution is -2.27. The van der Waals surface area contributed by atoms with E-state index in [1.807, 2.05) is 0 Å². The van der Waals surface area contributed by atoms with Gasteiger partial charge in [-0.15, -0.1) is 4.36 Å². The zero-order chi connectivity index (χ0) is 20.1. The number of halogens is 1. The van der Waals surface area contributed by atoms with Gasteiger partial charge in [0, 0.05) is 22.9 Å². The fourth-order valence-corrected chi connectivity index (χ4v) is 3.37. The summed E-state index contributed by atoms with van der Waals surface area (Å²) in [6.07, 6.45) is 0.844. The van der Waals surface area contributed by atoms with Gasteiger partial charge in [0.05, 0.1) is 20.3 Å². The lowest BCUT2D eigenvalue weighted by molar-refractivity contribution is 0.0635. The SMILES string of the molecule is CC(C)(C)OC(=O)Nc1ccccc1S(C)(=O)=NC#Cc1ccc(Cl)cc1. The lowest BCUT2D eigenvalue weighted by atomic mass is 10.2. The molecular weight excluding hydrogens is 384 g/mol. The molecule has 1 amide bonds. The van der Waals surface area contributed by atoms with Crippen LogP contribution < -0.4 is 5.32 Å². The van der Waals surface area contributed by atoms with Crippen LogP contribution in [0.4, 0.5) is 10.5 Å². The first-order valence-electron chi connectivity index (χ1n) is 8.14. The molecule has 0 aliphatic heterocycles. The highest BCUT2D eigenvalue weighted by Gasteiger charge is 2.19. The Hall–Kier alpha value is -2.49. The standard InChI is InChI=1S/C20H21ClN2O3S/c1-20(2,3)26-19(24)23-17-7-5-6-8-18(17)27(4,25)22-14-13-15-9-11-16(21)12-10-15/h5-12H,1-4H3,(H,23,24). The average molecular weight is 405 g/mol. The van der Waals surface area contributed by atoms with E-state index in [9.17, 15) is 9.00 Å². The van der Waals surface area contributed by atoms with Crippen LogP contribution >= 0.6 is 11.6 Å². The second-order valence-electron chi connectivity index (χ2n) is 6.76. The smallest absolute Gasteiger partial charge is 0.412 e. The van der Waals surface area contributed by atoms with Crippen molar-refractivity contribution in [2.24, 2.45) is 4.36 Å². The third-order valence-electron chi connectivity index (χ3n) is 3.20. The Labute approximate surface area is 165 Å². The van der Waals surface area contributed by atoms with E-state index in [0.29, 0.717) is 21.2 Å². The summed E-state index contributed by atoms with van der Waals surface area (Å²) in [5.41, 5.74) is 0.441. The van der Waals surface area contributed by atoms with Crippen molar-refractivity contribution >= 4 is 33.1 Å². The quantitative estimate of drug-likeness (QED) is 0.703. The first-order valence-corrected chi connectivity index (χ1v) is 10.4. The minimum atomic E-state index is -2.85. The summed E-state index contributed by atoms with van der Waals surface area (Å²) in [6, 6.07) is 16.3. The molecule has 2 rings (SSSR count). The average Bonchev–Trinajstić information content (AvgIpc) is 2.55. The van der Waals surface area contributed by atoms with Crippen LogP contribution in [0, 0.1) is 12.0 Å². The normalized spacial score (nSPS) is 12.9. The fraction of sp³-hybridized carbons (Fsp3) is 0.250. The molecule has 0 radical (unpaired) electrons. The summed E-state index contributed by atoms with van der Waals surface area (Å²) in [7, 11) is -2.85. The van der Waals surface area contributed by atoms with E-state index in [-0.39, 0.29) is 0 Å². The van der Waals surface area contributed by atoms with Gasteiger partial charge >= 0.3 is 6.09 Å². The maximum absolute atomic E-state index is 13.0. The molecule has 1 unspecified atom stereocenters. The number of para-hydroxylation sites is 1. The zero-order valence-corrected chi connectivity index (χ0v) is 17.1. The van der Waals surface area contributed by atoms with Crippen LogP contribution in [0.15, 0.2) is 57.8 Å². The maximum atomic E-state index is 13.0. The molecule has 0 aromatic heterocycles. The Bertz CT molecular complexity index is 1010. The van der Waals surface area contributed by atoms with Crippen LogP contribution in [0.1, 0.15) is 26.3 Å². The van der Waals surface area contributed by atoms with Crippen LogP contribution in [0.3, 0.4) is 0 Å². The maximum Gasteiger partial charge on any atom is 0.412 e. The van der Waals surface area contributed by atoms with E-state index in [1.54, 1.807) is 69.3 Å². The fourth-order valence-electron chi connectivity index (χ4n) is 2.07. The Morgan fingerprint density at radius 1 is 1.15 bits per heavy atom. The van der Waals surface area contributed by atoms with Gasteiger partial charge in [-0.25, -0.2) is 9.00 Å². The van der Waals surface area contributed by atoms with Crippen molar-refractivity contribution in [3.05, 3.63) is 59.1 Å². The summed E-state index contributed by atoms with van der Waals surface area (Å²) in [5, 5.41) is 3.23. The van der Waals surface area contributed by atoms with Gasteiger partial charge in [-0.05, 0) is 63.1 Å². The molecule has 0 aliphatic carbocycles. The molecule has 142 valence electrons. The van der Waals surface area contributed by atoms with Gasteiger partial charge in [0.15, 0.2) is 0 Å². The highest BCUT2D eigenvalue weighted by Crippen LogP contribution is 2.23. The molecule has 27 heavy (non-hydrogen) atoms. The second kappa shape index (κ2) is 8.47. The molecule has 0 saturated carbocycles. The molecule has 7 heteroatoms. The van der Waals surface area contributed by atoms with E-state index in [2.05, 4.69) is 21.6 Å². The number of ether oxygens (including phenoxy) is 1. The van der Waals surface area contributed by atoms with Crippen molar-refractivity contribution in [3.63, 3.8) is 0 Å². The van der Waals surface area contributed by atoms with Crippen molar-refractivity contribution in [2.45, 2.75) is 31.3 Å². The van der Waals surface area contributed by atoms with Gasteiger partial charge in [-0.2, -0.15) is 0 Å². The summed E-state index contributed by atoms with van der Waals surface area (Å²) in [4.78, 5) is 12.4. The molecular formula is C20H21ClN2O3S. The number of amides is 1. The van der Waals surface area contributed by atoms with Crippen molar-refractivity contribution in [3.8, 4) is 12.0 Å². The predicted octanol–water partition coefficient (Wildman–Crippen LogP) is 5.15. The van der Waals surface area contributed by atoms with Gasteiger partial charge in [0.25, 0.3) is 0 Å². The van der Waals surface area contributed by atoms with Crippen molar-refractivity contribution in [2.75, 3.05) is 11.6 Å². The molecule has 0 bridgehead atoms. The monoisotopic (exact) mass is 404 g/mol. The van der Waals surface area contributed by atoms with Crippen LogP contribution in [-0.2, 0) is 14.5 Å². The van der Waals surface area contributed by atoms with Gasteiger partial charge in [-0.3, -0.25) is 5.32 Å². The van der Waals surface area contributed by atoms with E-state index < -0.39 is 21.4 Å². The first kappa shape index (κ1) is 20.8. The summed E-state index contributed by atoms with van der Waals surface area (Å²) in [6.45, 7) is 5.30. The van der Waals surface area contributed by atoms with Crippen LogP contribution in [0.25, 0.3) is 0 Å². The van der Waals surface area contributed by atoms with Crippen molar-refractivity contribution in [1.82, 2.24) is 0 Å². The topological polar surface area (TPSA) is 67.8 Å². The van der Waals surface area contributed by atoms with Gasteiger partial charge in [0.2, 0.25) is 0 Å². The van der Waals surface area contributed by atoms with Gasteiger partial charge in [-0.1, -0.05) is 23.7 Å². The number of hydrogen-bond donors (Lipinski definition) is 1. The second-order valence-corrected chi connectivity index (χ2v) is 9.42. The summed E-state index contributed by atoms with van der Waals surface area (Å²) >= 11 is 5.84. The third kappa shape index (κ3) is 6.63. The van der Waals surface area contributed by atoms with Crippen molar-refractivity contribution < 1.29 is 13.7 Å². The lowest BCUT2D eigenvalue weighted by Gasteiger charge is -2.20. The number of benzene rings is 2. The molecule has 0 aliphatic rings. The van der Waals surface area contributed by atoms with Crippen molar-refractivity contribution in [1.29, 1.82) is 0 Å². The molecule has 2 aromatic carbocycles. The van der Waals surface area contributed by atoms with E-state index in [4.69, 9.17) is 16.3 Å². The minimum Gasteiger partial charge on any atom is -0.444 e. The Morgan fingerprint density at radius 3 is 2.41 bits per heavy atom. The van der Waals surface area contributed by atoms with Crippen LogP contribution in [0.5, 0.6) is 0 Å². The number of carbonyl (C=O) groups is 1. The van der Waals surface area contributed by atoms with Crippen LogP contribution in [-0.4, -0.2) is 22.2 Å². The van der Waals surface area contributed by atoms with Gasteiger partial charge < -0.3 is 4.74 Å². The molecule has 1 N–H and O–H groups in total. The zero-order valence-electron chi connectivity index (χ0n) is 15.6. The molecule has 5 nitrogen and oxygen atoms in total. The number of carbonyl (C=O) groups excluding carboxylic acids is 1. The minimum absolute atomic E-state index is 0.372. The predicted molar refractivity (Wildman–Crippen MR) is 109 cm³/mol. The Kier molecular flexibility index (Phi) is 6.53.